The Kier molecular flexibility index (Phi) is 4.70. The molecule has 1 fully saturated rings. The lowest BCUT2D eigenvalue weighted by molar-refractivity contribution is -0.131. The predicted molar refractivity (Wildman–Crippen MR) is 73.0 cm³/mol. The highest BCUT2D eigenvalue weighted by atomic mass is 19.1. The Morgan fingerprint density at radius 2 is 2.30 bits per heavy atom. The van der Waals surface area contributed by atoms with E-state index in [0.717, 1.165) is 12.8 Å². The first kappa shape index (κ1) is 14.5. The number of amides is 1. The largest absolute Gasteiger partial charge is 0.327 e. The summed E-state index contributed by atoms with van der Waals surface area (Å²) in [5, 5.41) is 8.97. The molecule has 0 aliphatic carbocycles. The lowest BCUT2D eigenvalue weighted by atomic mass is 10.0. The van der Waals surface area contributed by atoms with Crippen molar-refractivity contribution < 1.29 is 9.18 Å². The van der Waals surface area contributed by atoms with Crippen LogP contribution in [-0.2, 0) is 11.2 Å². The summed E-state index contributed by atoms with van der Waals surface area (Å²) in [4.78, 5) is 13.7. The van der Waals surface area contributed by atoms with E-state index in [2.05, 4.69) is 6.07 Å². The van der Waals surface area contributed by atoms with Crippen molar-refractivity contribution in [2.45, 2.75) is 37.8 Å². The fraction of sp³-hybridized carbons (Fsp3) is 0.467. The Labute approximate surface area is 118 Å². The molecule has 0 saturated carbocycles. The monoisotopic (exact) mass is 275 g/mol. The Bertz CT molecular complexity index is 526. The molecule has 1 aliphatic heterocycles. The molecule has 1 aromatic rings. The second-order valence-electron chi connectivity index (χ2n) is 5.13. The maximum absolute atomic E-state index is 13.5. The number of halogens is 1. The first-order valence-corrected chi connectivity index (χ1v) is 6.80. The zero-order valence-corrected chi connectivity index (χ0v) is 11.3. The second kappa shape index (κ2) is 6.49. The van der Waals surface area contributed by atoms with Crippen LogP contribution in [0.5, 0.6) is 0 Å². The van der Waals surface area contributed by atoms with E-state index in [4.69, 9.17) is 11.0 Å². The number of nitrogens with zero attached hydrogens (tertiary/aromatic N) is 2. The minimum absolute atomic E-state index is 0.113. The molecule has 20 heavy (non-hydrogen) atoms. The minimum Gasteiger partial charge on any atom is -0.327 e. The van der Waals surface area contributed by atoms with E-state index in [1.807, 2.05) is 0 Å². The first-order valence-electron chi connectivity index (χ1n) is 6.80. The number of carbonyl (C=O) groups is 1. The molecule has 0 aromatic heterocycles. The predicted octanol–water partition coefficient (Wildman–Crippen LogP) is 1.60. The molecule has 0 radical (unpaired) electrons. The smallest absolute Gasteiger partial charge is 0.225 e. The van der Waals surface area contributed by atoms with Crippen molar-refractivity contribution in [1.29, 1.82) is 5.26 Å². The third kappa shape index (κ3) is 3.34. The molecule has 1 aliphatic rings. The zero-order chi connectivity index (χ0) is 14.5. The minimum atomic E-state index is -0.431. The van der Waals surface area contributed by atoms with E-state index in [1.54, 1.807) is 23.1 Å². The Balaban J connectivity index is 1.92. The highest BCUT2D eigenvalue weighted by Gasteiger charge is 2.29. The lowest BCUT2D eigenvalue weighted by Gasteiger charge is -2.21. The highest BCUT2D eigenvalue weighted by molar-refractivity contribution is 5.77. The number of hydrogen-bond acceptors (Lipinski definition) is 3. The van der Waals surface area contributed by atoms with Gasteiger partial charge in [0.25, 0.3) is 0 Å². The normalized spacial score (nSPS) is 19.6. The van der Waals surface area contributed by atoms with Crippen molar-refractivity contribution in [3.63, 3.8) is 0 Å². The van der Waals surface area contributed by atoms with Gasteiger partial charge in [-0.1, -0.05) is 18.2 Å². The average Bonchev–Trinajstić information content (AvgIpc) is 2.89. The third-order valence-corrected chi connectivity index (χ3v) is 3.60. The van der Waals surface area contributed by atoms with E-state index < -0.39 is 6.04 Å². The second-order valence-corrected chi connectivity index (χ2v) is 5.13. The molecular weight excluding hydrogens is 257 g/mol. The van der Waals surface area contributed by atoms with Crippen LogP contribution in [0.1, 0.15) is 24.8 Å². The summed E-state index contributed by atoms with van der Waals surface area (Å²) < 4.78 is 13.5. The third-order valence-electron chi connectivity index (χ3n) is 3.60. The molecule has 106 valence electrons. The van der Waals surface area contributed by atoms with E-state index in [1.165, 1.54) is 6.07 Å². The highest BCUT2D eigenvalue weighted by Crippen LogP contribution is 2.18. The van der Waals surface area contributed by atoms with E-state index in [9.17, 15) is 9.18 Å². The Morgan fingerprint density at radius 1 is 1.55 bits per heavy atom. The summed E-state index contributed by atoms with van der Waals surface area (Å²) in [5.41, 5.74) is 6.45. The van der Waals surface area contributed by atoms with Gasteiger partial charge in [-0.15, -0.1) is 0 Å². The van der Waals surface area contributed by atoms with Crippen molar-refractivity contribution >= 4 is 5.91 Å². The van der Waals surface area contributed by atoms with Crippen molar-refractivity contribution in [2.24, 2.45) is 5.73 Å². The summed E-state index contributed by atoms with van der Waals surface area (Å²) in [6, 6.07) is 7.80. The van der Waals surface area contributed by atoms with Crippen LogP contribution in [0.3, 0.4) is 0 Å². The number of rotatable bonds is 4. The van der Waals surface area contributed by atoms with Crippen LogP contribution in [0.25, 0.3) is 0 Å². The summed E-state index contributed by atoms with van der Waals surface area (Å²) in [6.45, 7) is 0.615. The number of nitrogens with two attached hydrogens (primary N) is 1. The molecule has 2 rings (SSSR count). The Morgan fingerprint density at radius 3 is 3.00 bits per heavy atom. The van der Waals surface area contributed by atoms with Gasteiger partial charge in [0.1, 0.15) is 11.9 Å². The number of nitriles is 1. The summed E-state index contributed by atoms with van der Waals surface area (Å²) in [6.07, 6.45) is 2.05. The van der Waals surface area contributed by atoms with Crippen LogP contribution in [0.2, 0.25) is 0 Å². The van der Waals surface area contributed by atoms with Gasteiger partial charge in [-0.2, -0.15) is 5.26 Å². The topological polar surface area (TPSA) is 70.1 Å². The molecular formula is C15H18FN3O. The van der Waals surface area contributed by atoms with Crippen molar-refractivity contribution in [3.8, 4) is 6.07 Å². The van der Waals surface area contributed by atoms with Crippen LogP contribution >= 0.6 is 0 Å². The van der Waals surface area contributed by atoms with Gasteiger partial charge >= 0.3 is 0 Å². The van der Waals surface area contributed by atoms with Crippen LogP contribution in [0, 0.1) is 17.1 Å². The van der Waals surface area contributed by atoms with Gasteiger partial charge in [-0.05, 0) is 30.9 Å². The van der Waals surface area contributed by atoms with Crippen LogP contribution in [0.4, 0.5) is 4.39 Å². The van der Waals surface area contributed by atoms with Gasteiger partial charge in [0.15, 0.2) is 0 Å². The van der Waals surface area contributed by atoms with Crippen LogP contribution in [0.15, 0.2) is 24.3 Å². The Hall–Kier alpha value is -1.93. The molecule has 2 atom stereocenters. The maximum atomic E-state index is 13.5. The molecule has 1 heterocycles. The molecule has 4 nitrogen and oxygen atoms in total. The molecule has 0 bridgehead atoms. The quantitative estimate of drug-likeness (QED) is 0.907. The van der Waals surface area contributed by atoms with Crippen LogP contribution < -0.4 is 5.73 Å². The van der Waals surface area contributed by atoms with Crippen molar-refractivity contribution in [1.82, 2.24) is 4.90 Å². The average molecular weight is 275 g/mol. The van der Waals surface area contributed by atoms with E-state index >= 15 is 0 Å². The number of carbonyl (C=O) groups excluding carboxylic acids is 1. The van der Waals surface area contributed by atoms with Gasteiger partial charge in [0.2, 0.25) is 5.91 Å². The zero-order valence-electron chi connectivity index (χ0n) is 11.3. The van der Waals surface area contributed by atoms with E-state index in [0.29, 0.717) is 18.5 Å². The maximum Gasteiger partial charge on any atom is 0.225 e. The molecule has 5 heteroatoms. The van der Waals surface area contributed by atoms with Crippen molar-refractivity contribution in [2.75, 3.05) is 6.54 Å². The molecule has 2 N–H and O–H groups in total. The fourth-order valence-electron chi connectivity index (χ4n) is 2.56. The summed E-state index contributed by atoms with van der Waals surface area (Å²) in [5.74, 6) is -0.413. The standard InChI is InChI=1S/C15H18FN3O/c16-14-6-2-1-4-11(14)8-12(18)9-15(20)19-7-3-5-13(19)10-17/h1-2,4,6,12-13H,3,5,7-9,18H2. The van der Waals surface area contributed by atoms with Gasteiger partial charge < -0.3 is 10.6 Å². The van der Waals surface area contributed by atoms with Crippen LogP contribution in [-0.4, -0.2) is 29.4 Å². The number of benzene rings is 1. The number of hydrogen-bond donors (Lipinski definition) is 1. The lowest BCUT2D eigenvalue weighted by Crippen LogP contribution is -2.39. The summed E-state index contributed by atoms with van der Waals surface area (Å²) in [7, 11) is 0. The molecule has 0 spiro atoms. The van der Waals surface area contributed by atoms with E-state index in [-0.39, 0.29) is 24.2 Å². The number of likely N-dealkylation sites (tertiary alicyclic amines) is 1. The van der Waals surface area contributed by atoms with Gasteiger partial charge in [0.05, 0.1) is 6.07 Å². The van der Waals surface area contributed by atoms with Crippen molar-refractivity contribution in [3.05, 3.63) is 35.6 Å². The fourth-order valence-corrected chi connectivity index (χ4v) is 2.56. The van der Waals surface area contributed by atoms with Gasteiger partial charge in [-0.3, -0.25) is 4.79 Å². The van der Waals surface area contributed by atoms with Gasteiger partial charge in [-0.25, -0.2) is 4.39 Å². The SMILES string of the molecule is N#CC1CCCN1C(=O)CC(N)Cc1ccccc1F. The molecule has 1 saturated heterocycles. The molecule has 1 aromatic carbocycles. The first-order chi connectivity index (χ1) is 9.61. The van der Waals surface area contributed by atoms with Gasteiger partial charge in [0, 0.05) is 19.0 Å². The molecule has 2 unspecified atom stereocenters. The summed E-state index contributed by atoms with van der Waals surface area (Å²) >= 11 is 0. The molecule has 1 amide bonds.